The number of nitrogens with zero attached hydrogens (tertiary/aromatic N) is 4. The van der Waals surface area contributed by atoms with Gasteiger partial charge < -0.3 is 9.80 Å². The van der Waals surface area contributed by atoms with Gasteiger partial charge in [0.15, 0.2) is 0 Å². The van der Waals surface area contributed by atoms with Crippen LogP contribution in [0.5, 0.6) is 0 Å². The highest BCUT2D eigenvalue weighted by Gasteiger charge is 2.53. The number of hydrogen-bond acceptors (Lipinski definition) is 5. The van der Waals surface area contributed by atoms with E-state index in [1.54, 1.807) is 0 Å². The van der Waals surface area contributed by atoms with E-state index < -0.39 is 5.41 Å². The number of aromatic nitrogens is 2. The van der Waals surface area contributed by atoms with Crippen molar-refractivity contribution in [3.8, 4) is 0 Å². The van der Waals surface area contributed by atoms with Crippen molar-refractivity contribution in [2.24, 2.45) is 0 Å². The zero-order chi connectivity index (χ0) is 37.5. The molecule has 0 amide bonds. The van der Waals surface area contributed by atoms with Gasteiger partial charge in [-0.15, -0.1) is 0 Å². The van der Waals surface area contributed by atoms with Crippen LogP contribution in [0.3, 0.4) is 0 Å². The zero-order valence-corrected chi connectivity index (χ0v) is 31.6. The third-order valence-corrected chi connectivity index (χ3v) is 13.3. The van der Waals surface area contributed by atoms with Crippen LogP contribution in [-0.2, 0) is 5.41 Å². The highest BCUT2D eigenvalue weighted by atomic mass is 32.2. The summed E-state index contributed by atoms with van der Waals surface area (Å²) >= 11 is 1.87. The Hall–Kier alpha value is -6.89. The van der Waals surface area contributed by atoms with Crippen LogP contribution >= 0.6 is 11.8 Å². The number of anilines is 6. The van der Waals surface area contributed by atoms with Gasteiger partial charge in [-0.05, 0) is 81.7 Å². The van der Waals surface area contributed by atoms with E-state index in [1.165, 1.54) is 59.8 Å². The first-order valence-electron chi connectivity index (χ1n) is 19.4. The molecule has 6 heteroatoms. The van der Waals surface area contributed by atoms with Crippen LogP contribution in [-0.4, -0.2) is 16.7 Å². The van der Waals surface area contributed by atoms with Gasteiger partial charge in [-0.3, -0.25) is 9.97 Å². The maximum absolute atomic E-state index is 5.04. The third kappa shape index (κ3) is 4.53. The minimum absolute atomic E-state index is 0.00298. The van der Waals surface area contributed by atoms with Crippen LogP contribution in [0.2, 0.25) is 0 Å². The van der Waals surface area contributed by atoms with E-state index >= 15 is 0 Å². The van der Waals surface area contributed by atoms with E-state index in [2.05, 4.69) is 191 Å². The van der Waals surface area contributed by atoms with E-state index in [-0.39, 0.29) is 6.71 Å². The summed E-state index contributed by atoms with van der Waals surface area (Å²) in [4.78, 5) is 16.9. The summed E-state index contributed by atoms with van der Waals surface area (Å²) in [7, 11) is 0. The van der Waals surface area contributed by atoms with Crippen molar-refractivity contribution in [2.45, 2.75) is 15.2 Å². The number of pyridine rings is 2. The fourth-order valence-corrected chi connectivity index (χ4v) is 11.1. The molecule has 9 aromatic rings. The van der Waals surface area contributed by atoms with Crippen LogP contribution in [0.4, 0.5) is 34.1 Å². The molecule has 4 nitrogen and oxygen atoms in total. The molecule has 3 aliphatic rings. The molecule has 0 aliphatic carbocycles. The summed E-state index contributed by atoms with van der Waals surface area (Å²) in [6.07, 6.45) is 5.74. The molecule has 266 valence electrons. The molecule has 3 aliphatic heterocycles. The SMILES string of the molecule is c1ccc(C2(c3ccccc3)c3ccccc3B3c4ccccc4N(c4ccncc4)c4c5c(cc2c43)N(c2cccc3cccnc23)c2ccccc2S5)cc1. The van der Waals surface area contributed by atoms with Crippen LogP contribution in [0.1, 0.15) is 22.3 Å². The minimum Gasteiger partial charge on any atom is -0.310 e. The van der Waals surface area contributed by atoms with E-state index in [9.17, 15) is 0 Å². The number of para-hydroxylation sites is 3. The van der Waals surface area contributed by atoms with Crippen LogP contribution in [0.25, 0.3) is 10.9 Å². The average Bonchev–Trinajstić information content (AvgIpc) is 3.29. The first-order valence-corrected chi connectivity index (χ1v) is 20.3. The summed E-state index contributed by atoms with van der Waals surface area (Å²) in [5.74, 6) is 0. The Morgan fingerprint density at radius 2 is 1.14 bits per heavy atom. The molecule has 0 unspecified atom stereocenters. The lowest BCUT2D eigenvalue weighted by atomic mass is 9.29. The van der Waals surface area contributed by atoms with Crippen molar-refractivity contribution in [2.75, 3.05) is 9.80 Å². The second-order valence-electron chi connectivity index (χ2n) is 14.9. The lowest BCUT2D eigenvalue weighted by molar-refractivity contribution is 0.749. The van der Waals surface area contributed by atoms with Crippen molar-refractivity contribution >= 4 is 79.9 Å². The molecule has 0 fully saturated rings. The van der Waals surface area contributed by atoms with Crippen molar-refractivity contribution in [3.05, 3.63) is 223 Å². The smallest absolute Gasteiger partial charge is 0.247 e. The van der Waals surface area contributed by atoms with Gasteiger partial charge in [0, 0.05) is 40.2 Å². The molecule has 0 bridgehead atoms. The predicted molar refractivity (Wildman–Crippen MR) is 236 cm³/mol. The molecule has 0 saturated heterocycles. The second-order valence-corrected chi connectivity index (χ2v) is 15.9. The molecule has 12 rings (SSSR count). The summed E-state index contributed by atoms with van der Waals surface area (Å²) < 4.78 is 0. The first-order chi connectivity index (χ1) is 28.3. The van der Waals surface area contributed by atoms with Gasteiger partial charge in [-0.1, -0.05) is 151 Å². The summed E-state index contributed by atoms with van der Waals surface area (Å²) in [5.41, 5.74) is 16.1. The van der Waals surface area contributed by atoms with E-state index in [0.717, 1.165) is 33.7 Å². The molecule has 7 aromatic carbocycles. The van der Waals surface area contributed by atoms with Crippen LogP contribution in [0.15, 0.2) is 210 Å². The molecule has 0 N–H and O–H groups in total. The Morgan fingerprint density at radius 1 is 0.491 bits per heavy atom. The normalized spacial score (nSPS) is 14.3. The monoisotopic (exact) mass is 744 g/mol. The topological polar surface area (TPSA) is 32.3 Å². The highest BCUT2D eigenvalue weighted by Crippen LogP contribution is 2.60. The van der Waals surface area contributed by atoms with Gasteiger partial charge in [0.05, 0.1) is 38.6 Å². The Labute approximate surface area is 336 Å². The van der Waals surface area contributed by atoms with E-state index in [1.807, 2.05) is 36.4 Å². The Morgan fingerprint density at radius 3 is 1.93 bits per heavy atom. The Kier molecular flexibility index (Phi) is 7.14. The lowest BCUT2D eigenvalue weighted by Crippen LogP contribution is -2.65. The van der Waals surface area contributed by atoms with Crippen molar-refractivity contribution in [1.29, 1.82) is 0 Å². The molecular weight excluding hydrogens is 711 g/mol. The lowest BCUT2D eigenvalue weighted by Gasteiger charge is -2.50. The quantitative estimate of drug-likeness (QED) is 0.168. The van der Waals surface area contributed by atoms with Gasteiger partial charge in [0.1, 0.15) is 0 Å². The fourth-order valence-electron chi connectivity index (χ4n) is 9.93. The van der Waals surface area contributed by atoms with Crippen molar-refractivity contribution in [1.82, 2.24) is 9.97 Å². The summed E-state index contributed by atoms with van der Waals surface area (Å²) in [6.45, 7) is -0.00298. The number of fused-ring (bicyclic) bond motifs is 8. The first kappa shape index (κ1) is 32.4. The van der Waals surface area contributed by atoms with Crippen molar-refractivity contribution in [3.63, 3.8) is 0 Å². The van der Waals surface area contributed by atoms with Gasteiger partial charge >= 0.3 is 0 Å². The van der Waals surface area contributed by atoms with Gasteiger partial charge in [0.2, 0.25) is 6.71 Å². The Bertz CT molecular complexity index is 2980. The maximum atomic E-state index is 5.04. The van der Waals surface area contributed by atoms with Gasteiger partial charge in [-0.2, -0.15) is 0 Å². The summed E-state index contributed by atoms with van der Waals surface area (Å²) in [6, 6.07) is 67.0. The fraction of sp³-hybridized carbons (Fsp3) is 0.0196. The van der Waals surface area contributed by atoms with Gasteiger partial charge in [-0.25, -0.2) is 0 Å². The molecule has 0 atom stereocenters. The minimum atomic E-state index is -0.644. The van der Waals surface area contributed by atoms with Crippen LogP contribution in [0, 0.1) is 0 Å². The second kappa shape index (κ2) is 12.6. The van der Waals surface area contributed by atoms with E-state index in [0.29, 0.717) is 0 Å². The largest absolute Gasteiger partial charge is 0.310 e. The highest BCUT2D eigenvalue weighted by molar-refractivity contribution is 8.00. The van der Waals surface area contributed by atoms with Gasteiger partial charge in [0.25, 0.3) is 0 Å². The zero-order valence-electron chi connectivity index (χ0n) is 30.8. The maximum Gasteiger partial charge on any atom is 0.247 e. The average molecular weight is 745 g/mol. The molecule has 0 spiro atoms. The number of rotatable bonds is 4. The molecule has 57 heavy (non-hydrogen) atoms. The number of benzene rings is 7. The predicted octanol–water partition coefficient (Wildman–Crippen LogP) is 10.6. The molecule has 0 saturated carbocycles. The number of hydrogen-bond donors (Lipinski definition) is 0. The van der Waals surface area contributed by atoms with Crippen molar-refractivity contribution < 1.29 is 0 Å². The standard InChI is InChI=1S/C51H33BN4S/c1-3-17-35(18-4-1)51(36-19-5-2-6-20-36)38-21-7-8-22-40(38)52-41-23-9-10-24-42(41)55(37-28-31-53-32-29-37)49-47(52)39(51)33-45-50(49)57-46-27-12-11-25-43(46)56(45)44-26-13-15-34-16-14-30-54-48(34)44/h1-33H. The molecule has 0 radical (unpaired) electrons. The Balaban J connectivity index is 1.31. The molecular formula is C51H33BN4S. The third-order valence-electron chi connectivity index (χ3n) is 12.1. The molecule has 5 heterocycles. The van der Waals surface area contributed by atoms with Crippen LogP contribution < -0.4 is 26.2 Å². The van der Waals surface area contributed by atoms with E-state index in [4.69, 9.17) is 4.98 Å². The molecule has 2 aromatic heterocycles. The summed E-state index contributed by atoms with van der Waals surface area (Å²) in [5, 5.41) is 1.11.